The van der Waals surface area contributed by atoms with Gasteiger partial charge in [-0.25, -0.2) is 4.98 Å². The Hall–Kier alpha value is -0.870. The van der Waals surface area contributed by atoms with E-state index in [2.05, 4.69) is 22.0 Å². The predicted octanol–water partition coefficient (Wildman–Crippen LogP) is 2.01. The molecular formula is C16H26N4. The Kier molecular flexibility index (Phi) is 2.93. The maximum absolute atomic E-state index is 5.97. The fourth-order valence-corrected chi connectivity index (χ4v) is 5.83. The second-order valence-corrected chi connectivity index (χ2v) is 7.66. The quantitative estimate of drug-likeness (QED) is 0.652. The van der Waals surface area contributed by atoms with E-state index in [0.29, 0.717) is 11.5 Å². The van der Waals surface area contributed by atoms with Gasteiger partial charge in [-0.15, -0.1) is 0 Å². The molecule has 4 fully saturated rings. The molecule has 20 heavy (non-hydrogen) atoms. The summed E-state index contributed by atoms with van der Waals surface area (Å²) in [5.41, 5.74) is 3.61. The molecule has 5 rings (SSSR count). The second-order valence-electron chi connectivity index (χ2n) is 7.66. The zero-order valence-electron chi connectivity index (χ0n) is 12.4. The number of nitrogens with one attached hydrogen (secondary N) is 1. The van der Waals surface area contributed by atoms with E-state index in [-0.39, 0.29) is 0 Å². The summed E-state index contributed by atoms with van der Waals surface area (Å²) in [6.07, 6.45) is 13.5. The van der Waals surface area contributed by atoms with Crippen molar-refractivity contribution < 1.29 is 0 Å². The third kappa shape index (κ3) is 1.92. The minimum absolute atomic E-state index is 0.386. The SMILES string of the molecule is Cn1ccnc1CC(NN)C12CC3CC(CC(C3)C1)C2. The highest BCUT2D eigenvalue weighted by Crippen LogP contribution is 2.61. The lowest BCUT2D eigenvalue weighted by Crippen LogP contribution is -2.58. The number of nitrogens with two attached hydrogens (primary N) is 1. The molecule has 1 unspecified atom stereocenters. The summed E-state index contributed by atoms with van der Waals surface area (Å²) in [6, 6.07) is 0.386. The average Bonchev–Trinajstić information content (AvgIpc) is 2.79. The van der Waals surface area contributed by atoms with E-state index in [1.54, 1.807) is 0 Å². The Morgan fingerprint density at radius 2 is 1.90 bits per heavy atom. The first-order chi connectivity index (χ1) is 9.68. The number of hydrazine groups is 1. The van der Waals surface area contributed by atoms with Crippen molar-refractivity contribution in [2.24, 2.45) is 36.1 Å². The van der Waals surface area contributed by atoms with Gasteiger partial charge in [0.05, 0.1) is 0 Å². The van der Waals surface area contributed by atoms with E-state index in [0.717, 1.165) is 30.0 Å². The molecule has 0 saturated heterocycles. The van der Waals surface area contributed by atoms with Crippen LogP contribution in [0.25, 0.3) is 0 Å². The molecule has 4 aliphatic rings. The molecule has 0 spiro atoms. The van der Waals surface area contributed by atoms with E-state index in [1.807, 2.05) is 12.4 Å². The van der Waals surface area contributed by atoms with Crippen molar-refractivity contribution in [2.45, 2.75) is 51.0 Å². The van der Waals surface area contributed by atoms with Crippen molar-refractivity contribution in [2.75, 3.05) is 0 Å². The van der Waals surface area contributed by atoms with Gasteiger partial charge in [-0.3, -0.25) is 11.3 Å². The lowest BCUT2D eigenvalue weighted by Gasteiger charge is -2.59. The van der Waals surface area contributed by atoms with Crippen LogP contribution in [0.3, 0.4) is 0 Å². The van der Waals surface area contributed by atoms with Crippen LogP contribution >= 0.6 is 0 Å². The van der Waals surface area contributed by atoms with Crippen LogP contribution in [0.2, 0.25) is 0 Å². The molecule has 1 aromatic rings. The number of rotatable bonds is 4. The second kappa shape index (κ2) is 4.57. The summed E-state index contributed by atoms with van der Waals surface area (Å²) in [5.74, 6) is 10.0. The number of imidazole rings is 1. The smallest absolute Gasteiger partial charge is 0.109 e. The van der Waals surface area contributed by atoms with Crippen molar-refractivity contribution in [3.05, 3.63) is 18.2 Å². The molecule has 4 aliphatic carbocycles. The molecular weight excluding hydrogens is 248 g/mol. The molecule has 4 bridgehead atoms. The Morgan fingerprint density at radius 3 is 2.35 bits per heavy atom. The molecule has 4 nitrogen and oxygen atoms in total. The fourth-order valence-electron chi connectivity index (χ4n) is 5.83. The van der Waals surface area contributed by atoms with Crippen molar-refractivity contribution >= 4 is 0 Å². The lowest BCUT2D eigenvalue weighted by atomic mass is 9.47. The summed E-state index contributed by atoms with van der Waals surface area (Å²) >= 11 is 0. The molecule has 0 aromatic carbocycles. The monoisotopic (exact) mass is 274 g/mol. The lowest BCUT2D eigenvalue weighted by molar-refractivity contribution is -0.0741. The molecule has 1 heterocycles. The molecule has 1 aromatic heterocycles. The van der Waals surface area contributed by atoms with Gasteiger partial charge in [-0.1, -0.05) is 0 Å². The van der Waals surface area contributed by atoms with Crippen molar-refractivity contribution in [1.82, 2.24) is 15.0 Å². The van der Waals surface area contributed by atoms with Gasteiger partial charge in [0.25, 0.3) is 0 Å². The normalized spacial score (nSPS) is 40.2. The van der Waals surface area contributed by atoms with E-state index >= 15 is 0 Å². The van der Waals surface area contributed by atoms with Gasteiger partial charge in [0.1, 0.15) is 5.82 Å². The summed E-state index contributed by atoms with van der Waals surface area (Å²) in [7, 11) is 2.08. The first-order valence-electron chi connectivity index (χ1n) is 8.11. The first-order valence-corrected chi connectivity index (χ1v) is 8.11. The maximum Gasteiger partial charge on any atom is 0.109 e. The number of hydrogen-bond acceptors (Lipinski definition) is 3. The summed E-state index contributed by atoms with van der Waals surface area (Å²) < 4.78 is 2.13. The maximum atomic E-state index is 5.97. The molecule has 110 valence electrons. The fraction of sp³-hybridized carbons (Fsp3) is 0.812. The van der Waals surface area contributed by atoms with Crippen molar-refractivity contribution in [3.63, 3.8) is 0 Å². The molecule has 4 saturated carbocycles. The number of aromatic nitrogens is 2. The van der Waals surface area contributed by atoms with Gasteiger partial charge in [0.2, 0.25) is 0 Å². The minimum Gasteiger partial charge on any atom is -0.338 e. The number of hydrogen-bond donors (Lipinski definition) is 2. The van der Waals surface area contributed by atoms with E-state index in [9.17, 15) is 0 Å². The van der Waals surface area contributed by atoms with Crippen LogP contribution in [0, 0.1) is 23.2 Å². The Balaban J connectivity index is 1.59. The van der Waals surface area contributed by atoms with Gasteiger partial charge < -0.3 is 4.57 Å². The standard InChI is InChI=1S/C16H26N4/c1-20-3-2-18-15(20)7-14(19-17)16-8-11-4-12(9-16)6-13(5-11)10-16/h2-3,11-14,19H,4-10,17H2,1H3. The molecule has 0 radical (unpaired) electrons. The molecule has 0 aliphatic heterocycles. The molecule has 1 atom stereocenters. The highest BCUT2D eigenvalue weighted by Gasteiger charge is 2.54. The number of nitrogens with zero attached hydrogens (tertiary/aromatic N) is 2. The van der Waals surface area contributed by atoms with E-state index < -0.39 is 0 Å². The molecule has 0 amide bonds. The van der Waals surface area contributed by atoms with Gasteiger partial charge in [-0.2, -0.15) is 0 Å². The molecule has 4 heteroatoms. The van der Waals surface area contributed by atoms with Crippen LogP contribution in [0.4, 0.5) is 0 Å². The van der Waals surface area contributed by atoms with Gasteiger partial charge in [0.15, 0.2) is 0 Å². The third-order valence-corrected chi connectivity index (χ3v) is 6.33. The topological polar surface area (TPSA) is 55.9 Å². The van der Waals surface area contributed by atoms with E-state index in [1.165, 1.54) is 38.5 Å². The van der Waals surface area contributed by atoms with E-state index in [4.69, 9.17) is 5.84 Å². The zero-order chi connectivity index (χ0) is 13.7. The summed E-state index contributed by atoms with van der Waals surface area (Å²) in [4.78, 5) is 4.50. The first kappa shape index (κ1) is 12.8. The molecule has 3 N–H and O–H groups in total. The van der Waals surface area contributed by atoms with Crippen molar-refractivity contribution in [3.8, 4) is 0 Å². The Morgan fingerprint density at radius 1 is 1.30 bits per heavy atom. The third-order valence-electron chi connectivity index (χ3n) is 6.33. The van der Waals surface area contributed by atoms with Crippen LogP contribution in [0.15, 0.2) is 12.4 Å². The van der Waals surface area contributed by atoms with Crippen LogP contribution in [0.5, 0.6) is 0 Å². The zero-order valence-corrected chi connectivity index (χ0v) is 12.4. The average molecular weight is 274 g/mol. The predicted molar refractivity (Wildman–Crippen MR) is 78.6 cm³/mol. The summed E-state index contributed by atoms with van der Waals surface area (Å²) in [6.45, 7) is 0. The highest BCUT2D eigenvalue weighted by atomic mass is 15.2. The van der Waals surface area contributed by atoms with Crippen LogP contribution in [0.1, 0.15) is 44.3 Å². The summed E-state index contributed by atoms with van der Waals surface area (Å²) in [5, 5.41) is 0. The highest BCUT2D eigenvalue weighted by molar-refractivity contribution is 5.08. The van der Waals surface area contributed by atoms with Gasteiger partial charge >= 0.3 is 0 Å². The van der Waals surface area contributed by atoms with Crippen LogP contribution in [-0.4, -0.2) is 15.6 Å². The largest absolute Gasteiger partial charge is 0.338 e. The Bertz CT molecular complexity index is 457. The van der Waals surface area contributed by atoms with Crippen molar-refractivity contribution in [1.29, 1.82) is 0 Å². The van der Waals surface area contributed by atoms with Crippen LogP contribution < -0.4 is 11.3 Å². The number of aryl methyl sites for hydroxylation is 1. The van der Waals surface area contributed by atoms with Gasteiger partial charge in [-0.05, 0) is 61.7 Å². The Labute approximate surface area is 121 Å². The van der Waals surface area contributed by atoms with Gasteiger partial charge in [0, 0.05) is 31.9 Å². The van der Waals surface area contributed by atoms with Crippen LogP contribution in [-0.2, 0) is 13.5 Å². The minimum atomic E-state index is 0.386.